The van der Waals surface area contributed by atoms with Crippen molar-refractivity contribution >= 4 is 40.8 Å². The number of pyridine rings is 1. The first-order valence-corrected chi connectivity index (χ1v) is 4.30. The molecule has 7 heteroatoms. The van der Waals surface area contributed by atoms with Crippen molar-refractivity contribution in [1.82, 2.24) is 10.3 Å². The van der Waals surface area contributed by atoms with E-state index < -0.39 is 6.09 Å². The highest BCUT2D eigenvalue weighted by Crippen LogP contribution is 2.08. The van der Waals surface area contributed by atoms with E-state index in [1.165, 1.54) is 0 Å². The van der Waals surface area contributed by atoms with Crippen LogP contribution >= 0.6 is 23.8 Å². The summed E-state index contributed by atoms with van der Waals surface area (Å²) in [6.07, 6.45) is -1.23. The maximum Gasteiger partial charge on any atom is 0.410 e. The summed E-state index contributed by atoms with van der Waals surface area (Å²) in [5, 5.41) is 13.1. The fourth-order valence-electron chi connectivity index (χ4n) is 0.723. The highest BCUT2D eigenvalue weighted by atomic mass is 35.5. The molecule has 0 spiro atoms. The molecule has 0 unspecified atom stereocenters. The van der Waals surface area contributed by atoms with E-state index in [0.717, 1.165) is 0 Å². The van der Waals surface area contributed by atoms with Crippen LogP contribution in [0.1, 0.15) is 0 Å². The van der Waals surface area contributed by atoms with Gasteiger partial charge in [0.15, 0.2) is 5.11 Å². The third-order valence-electron chi connectivity index (χ3n) is 1.18. The quantitative estimate of drug-likeness (QED) is 0.507. The van der Waals surface area contributed by atoms with Crippen LogP contribution < -0.4 is 10.6 Å². The zero-order chi connectivity index (χ0) is 10.6. The van der Waals surface area contributed by atoms with E-state index in [9.17, 15) is 4.79 Å². The molecule has 3 N–H and O–H groups in total. The molecule has 0 radical (unpaired) electrons. The molecule has 5 nitrogen and oxygen atoms in total. The summed E-state index contributed by atoms with van der Waals surface area (Å²) in [5.41, 5.74) is 0. The third-order valence-corrected chi connectivity index (χ3v) is 1.59. The standard InChI is InChI=1S/C7H6ClN3O2S/c8-4-2-1-3-5(9-4)10-6(14)11-7(12)13/h1-3H,(H,12,13)(H2,9,10,11,14). The van der Waals surface area contributed by atoms with Gasteiger partial charge in [-0.25, -0.2) is 9.78 Å². The van der Waals surface area contributed by atoms with Gasteiger partial charge in [-0.05, 0) is 24.4 Å². The van der Waals surface area contributed by atoms with Crippen molar-refractivity contribution in [3.8, 4) is 0 Å². The van der Waals surface area contributed by atoms with Crippen LogP contribution in [0.5, 0.6) is 0 Å². The maximum atomic E-state index is 10.2. The smallest absolute Gasteiger partial charge is 0.410 e. The normalized spacial score (nSPS) is 9.21. The SMILES string of the molecule is O=C(O)NC(=S)Nc1cccc(Cl)n1. The first-order valence-electron chi connectivity index (χ1n) is 3.51. The first-order chi connectivity index (χ1) is 6.58. The molecule has 1 rings (SSSR count). The van der Waals surface area contributed by atoms with Gasteiger partial charge < -0.3 is 10.4 Å². The molecule has 0 aliphatic rings. The number of amides is 1. The molecular formula is C7H6ClN3O2S. The molecule has 0 aromatic carbocycles. The van der Waals surface area contributed by atoms with Crippen molar-refractivity contribution < 1.29 is 9.90 Å². The number of carbonyl (C=O) groups is 1. The molecule has 0 aliphatic heterocycles. The molecule has 1 aromatic heterocycles. The van der Waals surface area contributed by atoms with E-state index in [2.05, 4.69) is 22.5 Å². The summed E-state index contributed by atoms with van der Waals surface area (Å²) >= 11 is 10.3. The van der Waals surface area contributed by atoms with Crippen LogP contribution in [0, 0.1) is 0 Å². The number of nitrogens with zero attached hydrogens (tertiary/aromatic N) is 1. The van der Waals surface area contributed by atoms with Gasteiger partial charge in [0.05, 0.1) is 0 Å². The molecule has 0 aliphatic carbocycles. The minimum absolute atomic E-state index is 0.0488. The largest absolute Gasteiger partial charge is 0.465 e. The fraction of sp³-hybridized carbons (Fsp3) is 0. The summed E-state index contributed by atoms with van der Waals surface area (Å²) in [6, 6.07) is 4.88. The van der Waals surface area contributed by atoms with Crippen molar-refractivity contribution in [3.05, 3.63) is 23.4 Å². The molecule has 14 heavy (non-hydrogen) atoms. The van der Waals surface area contributed by atoms with Gasteiger partial charge >= 0.3 is 6.09 Å². The van der Waals surface area contributed by atoms with Crippen LogP contribution in [-0.4, -0.2) is 21.3 Å². The molecule has 0 atom stereocenters. The van der Waals surface area contributed by atoms with Crippen LogP contribution in [0.15, 0.2) is 18.2 Å². The Bertz CT molecular complexity index is 372. The van der Waals surface area contributed by atoms with E-state index >= 15 is 0 Å². The molecule has 1 aromatic rings. The molecule has 0 bridgehead atoms. The van der Waals surface area contributed by atoms with E-state index in [4.69, 9.17) is 16.7 Å². The maximum absolute atomic E-state index is 10.2. The Labute approximate surface area is 90.1 Å². The number of nitrogens with one attached hydrogen (secondary N) is 2. The van der Waals surface area contributed by atoms with Gasteiger partial charge in [-0.15, -0.1) is 0 Å². The summed E-state index contributed by atoms with van der Waals surface area (Å²) in [5.74, 6) is 0.385. The predicted molar refractivity (Wildman–Crippen MR) is 56.6 cm³/mol. The first kappa shape index (κ1) is 10.7. The van der Waals surface area contributed by atoms with E-state index in [1.807, 2.05) is 5.32 Å². The fourth-order valence-corrected chi connectivity index (χ4v) is 1.08. The van der Waals surface area contributed by atoms with Crippen LogP contribution in [0.3, 0.4) is 0 Å². The molecule has 1 amide bonds. The summed E-state index contributed by atoms with van der Waals surface area (Å²) < 4.78 is 0. The Hall–Kier alpha value is -1.40. The molecule has 74 valence electrons. The highest BCUT2D eigenvalue weighted by molar-refractivity contribution is 7.80. The average molecular weight is 232 g/mol. The number of anilines is 1. The Kier molecular flexibility index (Phi) is 3.61. The van der Waals surface area contributed by atoms with E-state index in [1.54, 1.807) is 18.2 Å². The van der Waals surface area contributed by atoms with Crippen molar-refractivity contribution in [1.29, 1.82) is 0 Å². The van der Waals surface area contributed by atoms with Gasteiger partial charge in [-0.2, -0.15) is 0 Å². The monoisotopic (exact) mass is 231 g/mol. The number of thiocarbonyl (C=S) groups is 1. The highest BCUT2D eigenvalue weighted by Gasteiger charge is 2.02. The Morgan fingerprint density at radius 2 is 2.29 bits per heavy atom. The van der Waals surface area contributed by atoms with Crippen molar-refractivity contribution in [2.24, 2.45) is 0 Å². The minimum atomic E-state index is -1.23. The third kappa shape index (κ3) is 3.55. The van der Waals surface area contributed by atoms with Gasteiger partial charge in [-0.3, -0.25) is 5.32 Å². The van der Waals surface area contributed by atoms with Gasteiger partial charge in [-0.1, -0.05) is 17.7 Å². The topological polar surface area (TPSA) is 74.2 Å². The zero-order valence-electron chi connectivity index (χ0n) is 6.82. The number of rotatable bonds is 1. The van der Waals surface area contributed by atoms with Crippen LogP contribution in [0.4, 0.5) is 10.6 Å². The lowest BCUT2D eigenvalue weighted by atomic mass is 10.5. The number of hydrogen-bond acceptors (Lipinski definition) is 3. The Morgan fingerprint density at radius 1 is 1.57 bits per heavy atom. The van der Waals surface area contributed by atoms with Crippen LogP contribution in [-0.2, 0) is 0 Å². The lowest BCUT2D eigenvalue weighted by molar-refractivity contribution is 0.200. The van der Waals surface area contributed by atoms with Gasteiger partial charge in [0, 0.05) is 0 Å². The molecule has 1 heterocycles. The second-order valence-electron chi connectivity index (χ2n) is 2.23. The zero-order valence-corrected chi connectivity index (χ0v) is 8.39. The van der Waals surface area contributed by atoms with Crippen LogP contribution in [0.2, 0.25) is 5.15 Å². The van der Waals surface area contributed by atoms with Gasteiger partial charge in [0.2, 0.25) is 0 Å². The van der Waals surface area contributed by atoms with Crippen molar-refractivity contribution in [2.45, 2.75) is 0 Å². The van der Waals surface area contributed by atoms with Crippen LogP contribution in [0.25, 0.3) is 0 Å². The number of aromatic nitrogens is 1. The van der Waals surface area contributed by atoms with E-state index in [0.29, 0.717) is 11.0 Å². The lowest BCUT2D eigenvalue weighted by Gasteiger charge is -2.05. The van der Waals surface area contributed by atoms with Crippen molar-refractivity contribution in [3.63, 3.8) is 0 Å². The Balaban J connectivity index is 2.60. The molecule has 0 saturated heterocycles. The second kappa shape index (κ2) is 4.73. The van der Waals surface area contributed by atoms with Crippen molar-refractivity contribution in [2.75, 3.05) is 5.32 Å². The summed E-state index contributed by atoms with van der Waals surface area (Å²) in [6.45, 7) is 0. The minimum Gasteiger partial charge on any atom is -0.465 e. The van der Waals surface area contributed by atoms with Gasteiger partial charge in [0.1, 0.15) is 11.0 Å². The van der Waals surface area contributed by atoms with Gasteiger partial charge in [0.25, 0.3) is 0 Å². The lowest BCUT2D eigenvalue weighted by Crippen LogP contribution is -2.32. The number of halogens is 1. The predicted octanol–water partition coefficient (Wildman–Crippen LogP) is 1.70. The molecular weight excluding hydrogens is 226 g/mol. The summed E-state index contributed by atoms with van der Waals surface area (Å²) in [4.78, 5) is 14.0. The second-order valence-corrected chi connectivity index (χ2v) is 3.03. The molecule has 0 fully saturated rings. The molecule has 0 saturated carbocycles. The summed E-state index contributed by atoms with van der Waals surface area (Å²) in [7, 11) is 0. The Morgan fingerprint density at radius 3 is 2.86 bits per heavy atom. The number of carboxylic acid groups (broad SMARTS) is 1. The van der Waals surface area contributed by atoms with E-state index in [-0.39, 0.29) is 5.11 Å². The number of hydrogen-bond donors (Lipinski definition) is 3. The average Bonchev–Trinajstić information content (AvgIpc) is 2.01.